The van der Waals surface area contributed by atoms with Crippen LogP contribution in [-0.2, 0) is 11.2 Å². The molecule has 1 aromatic rings. The van der Waals surface area contributed by atoms with Crippen molar-refractivity contribution in [3.05, 3.63) is 18.1 Å². The van der Waals surface area contributed by atoms with E-state index in [-0.39, 0.29) is 0 Å². The molecule has 1 unspecified atom stereocenters. The first kappa shape index (κ1) is 9.09. The maximum Gasteiger partial charge on any atom is 0.161 e. The minimum atomic E-state index is -0.830. The third-order valence-corrected chi connectivity index (χ3v) is 1.50. The summed E-state index contributed by atoms with van der Waals surface area (Å²) in [5, 5.41) is 9.21. The number of nitrogens with two attached hydrogens (primary N) is 1. The number of nitrogen functional groups attached to an aromatic ring is 1. The molecule has 0 saturated carbocycles. The van der Waals surface area contributed by atoms with E-state index in [1.165, 1.54) is 6.26 Å². The number of aliphatic hydroxyl groups is 1. The molecule has 0 bridgehead atoms. The zero-order valence-electron chi connectivity index (χ0n) is 6.99. The number of ether oxygens (including phenoxy) is 1. The zero-order chi connectivity index (χ0) is 8.97. The van der Waals surface area contributed by atoms with Crippen molar-refractivity contribution in [1.82, 2.24) is 0 Å². The van der Waals surface area contributed by atoms with Gasteiger partial charge in [-0.3, -0.25) is 0 Å². The van der Waals surface area contributed by atoms with Crippen LogP contribution in [0.5, 0.6) is 0 Å². The van der Waals surface area contributed by atoms with Crippen molar-refractivity contribution in [1.29, 1.82) is 0 Å². The topological polar surface area (TPSA) is 68.6 Å². The summed E-state index contributed by atoms with van der Waals surface area (Å²) in [5.41, 5.74) is 6.07. The molecule has 1 heterocycles. The van der Waals surface area contributed by atoms with Gasteiger partial charge < -0.3 is 20.0 Å². The molecule has 0 aliphatic carbocycles. The maximum atomic E-state index is 9.21. The zero-order valence-corrected chi connectivity index (χ0v) is 6.99. The van der Waals surface area contributed by atoms with Crippen LogP contribution in [-0.4, -0.2) is 18.0 Å². The summed E-state index contributed by atoms with van der Waals surface area (Å²) in [7, 11) is 0. The number of anilines is 1. The second kappa shape index (κ2) is 4.13. The summed E-state index contributed by atoms with van der Waals surface area (Å²) in [5.74, 6) is 0.566. The van der Waals surface area contributed by atoms with Crippen LogP contribution in [0.3, 0.4) is 0 Å². The number of aliphatic hydroxyl groups excluding tert-OH is 1. The average Bonchev–Trinajstić information content (AvgIpc) is 2.37. The molecule has 1 atom stereocenters. The number of furan rings is 1. The van der Waals surface area contributed by atoms with E-state index >= 15 is 0 Å². The fourth-order valence-electron chi connectivity index (χ4n) is 0.926. The first-order valence-corrected chi connectivity index (χ1v) is 3.85. The lowest BCUT2D eigenvalue weighted by molar-refractivity contribution is -0.0949. The van der Waals surface area contributed by atoms with Gasteiger partial charge in [-0.1, -0.05) is 0 Å². The first-order valence-electron chi connectivity index (χ1n) is 3.85. The molecule has 4 nitrogen and oxygen atoms in total. The van der Waals surface area contributed by atoms with E-state index in [0.29, 0.717) is 24.5 Å². The molecule has 4 heteroatoms. The second-order valence-electron chi connectivity index (χ2n) is 2.41. The molecule has 0 aliphatic heterocycles. The fraction of sp³-hybridized carbons (Fsp3) is 0.500. The molecule has 0 saturated heterocycles. The second-order valence-corrected chi connectivity index (χ2v) is 2.41. The van der Waals surface area contributed by atoms with Crippen molar-refractivity contribution >= 4 is 5.69 Å². The monoisotopic (exact) mass is 171 g/mol. The van der Waals surface area contributed by atoms with Crippen LogP contribution in [0.4, 0.5) is 5.69 Å². The molecule has 3 N–H and O–H groups in total. The van der Waals surface area contributed by atoms with Crippen molar-refractivity contribution in [3.8, 4) is 0 Å². The highest BCUT2D eigenvalue weighted by molar-refractivity contribution is 5.40. The molecular formula is C8H13NO3. The van der Waals surface area contributed by atoms with Gasteiger partial charge in [-0.2, -0.15) is 0 Å². The van der Waals surface area contributed by atoms with Gasteiger partial charge >= 0.3 is 0 Å². The Labute approximate surface area is 70.9 Å². The van der Waals surface area contributed by atoms with E-state index in [0.717, 1.165) is 0 Å². The molecular weight excluding hydrogens is 158 g/mol. The van der Waals surface area contributed by atoms with Crippen LogP contribution < -0.4 is 5.73 Å². The Balaban J connectivity index is 2.46. The molecule has 0 aromatic carbocycles. The number of hydrogen-bond acceptors (Lipinski definition) is 4. The summed E-state index contributed by atoms with van der Waals surface area (Å²) in [6, 6.07) is 1.65. The molecule has 12 heavy (non-hydrogen) atoms. The summed E-state index contributed by atoms with van der Waals surface area (Å²) in [6.45, 7) is 2.29. The predicted octanol–water partition coefficient (Wildman–Crippen LogP) is 0.759. The van der Waals surface area contributed by atoms with E-state index < -0.39 is 6.29 Å². The normalized spacial score (nSPS) is 13.2. The highest BCUT2D eigenvalue weighted by Gasteiger charge is 2.09. The molecule has 0 amide bonds. The molecule has 0 fully saturated rings. The van der Waals surface area contributed by atoms with Crippen molar-refractivity contribution in [2.45, 2.75) is 19.6 Å². The van der Waals surface area contributed by atoms with Crippen molar-refractivity contribution in [2.75, 3.05) is 12.3 Å². The van der Waals surface area contributed by atoms with E-state index in [4.69, 9.17) is 14.9 Å². The Hall–Kier alpha value is -1.00. The Kier molecular flexibility index (Phi) is 3.13. The van der Waals surface area contributed by atoms with E-state index in [2.05, 4.69) is 0 Å². The average molecular weight is 171 g/mol. The summed E-state index contributed by atoms with van der Waals surface area (Å²) < 4.78 is 9.93. The summed E-state index contributed by atoms with van der Waals surface area (Å²) in [4.78, 5) is 0. The molecule has 1 rings (SSSR count). The highest BCUT2D eigenvalue weighted by Crippen LogP contribution is 2.14. The fourth-order valence-corrected chi connectivity index (χ4v) is 0.926. The van der Waals surface area contributed by atoms with Crippen LogP contribution in [0.2, 0.25) is 0 Å². The lowest BCUT2D eigenvalue weighted by atomic mass is 10.3. The van der Waals surface area contributed by atoms with Gasteiger partial charge in [-0.25, -0.2) is 0 Å². The largest absolute Gasteiger partial charge is 0.467 e. The van der Waals surface area contributed by atoms with Crippen molar-refractivity contribution in [2.24, 2.45) is 0 Å². The van der Waals surface area contributed by atoms with Crippen LogP contribution in [0.25, 0.3) is 0 Å². The Morgan fingerprint density at radius 2 is 2.50 bits per heavy atom. The van der Waals surface area contributed by atoms with Gasteiger partial charge in [0.2, 0.25) is 0 Å². The lowest BCUT2D eigenvalue weighted by Crippen LogP contribution is -2.15. The Bertz CT molecular complexity index is 234. The lowest BCUT2D eigenvalue weighted by Gasteiger charge is -2.08. The maximum absolute atomic E-state index is 9.21. The Morgan fingerprint density at radius 1 is 1.75 bits per heavy atom. The summed E-state index contributed by atoms with van der Waals surface area (Å²) in [6.07, 6.45) is 0.958. The quantitative estimate of drug-likeness (QED) is 0.656. The van der Waals surface area contributed by atoms with Crippen LogP contribution >= 0.6 is 0 Å². The van der Waals surface area contributed by atoms with Gasteiger partial charge in [0, 0.05) is 6.61 Å². The number of rotatable bonds is 4. The van der Waals surface area contributed by atoms with Crippen LogP contribution in [0.15, 0.2) is 16.7 Å². The highest BCUT2D eigenvalue weighted by atomic mass is 16.6. The summed E-state index contributed by atoms with van der Waals surface area (Å²) >= 11 is 0. The Morgan fingerprint density at radius 3 is 3.00 bits per heavy atom. The third-order valence-electron chi connectivity index (χ3n) is 1.50. The van der Waals surface area contributed by atoms with Crippen LogP contribution in [0.1, 0.15) is 12.7 Å². The standard InChI is InChI=1S/C8H13NO3/c1-2-11-8(10)5-7-6(9)3-4-12-7/h3-4,8,10H,2,5,9H2,1H3. The van der Waals surface area contributed by atoms with E-state index in [1.807, 2.05) is 6.92 Å². The van der Waals surface area contributed by atoms with Gasteiger partial charge in [0.05, 0.1) is 18.4 Å². The van der Waals surface area contributed by atoms with Gasteiger partial charge in [0.1, 0.15) is 5.76 Å². The smallest absolute Gasteiger partial charge is 0.161 e. The molecule has 1 aromatic heterocycles. The minimum absolute atomic E-state index is 0.298. The SMILES string of the molecule is CCOC(O)Cc1occc1N. The minimum Gasteiger partial charge on any atom is -0.467 e. The van der Waals surface area contributed by atoms with Gasteiger partial charge in [0.25, 0.3) is 0 Å². The molecule has 0 aliphatic rings. The first-order chi connectivity index (χ1) is 5.74. The van der Waals surface area contributed by atoms with E-state index in [1.54, 1.807) is 6.07 Å². The van der Waals surface area contributed by atoms with Gasteiger partial charge in [-0.05, 0) is 13.0 Å². The van der Waals surface area contributed by atoms with Crippen molar-refractivity contribution in [3.63, 3.8) is 0 Å². The molecule has 0 radical (unpaired) electrons. The van der Waals surface area contributed by atoms with Crippen LogP contribution in [0, 0.1) is 0 Å². The number of hydrogen-bond donors (Lipinski definition) is 2. The molecule has 68 valence electrons. The van der Waals surface area contributed by atoms with Gasteiger partial charge in [0.15, 0.2) is 6.29 Å². The third kappa shape index (κ3) is 2.25. The van der Waals surface area contributed by atoms with Gasteiger partial charge in [-0.15, -0.1) is 0 Å². The molecule has 0 spiro atoms. The van der Waals surface area contributed by atoms with E-state index in [9.17, 15) is 5.11 Å². The predicted molar refractivity (Wildman–Crippen MR) is 44.5 cm³/mol. The van der Waals surface area contributed by atoms with Crippen molar-refractivity contribution < 1.29 is 14.3 Å².